The number of halogens is 1. The first kappa shape index (κ1) is 25.4. The molecule has 1 aliphatic heterocycles. The summed E-state index contributed by atoms with van der Waals surface area (Å²) in [5.41, 5.74) is 6.23. The second-order valence-electron chi connectivity index (χ2n) is 9.72. The summed E-state index contributed by atoms with van der Waals surface area (Å²) >= 11 is 2.19. The van der Waals surface area contributed by atoms with Gasteiger partial charge in [-0.05, 0) is 103 Å². The second-order valence-corrected chi connectivity index (χ2v) is 12.7. The number of hydrogen-bond acceptors (Lipinski definition) is 5. The maximum atomic E-state index is 13.4. The Balaban J connectivity index is 1.55. The number of aryl methyl sites for hydroxylation is 1. The van der Waals surface area contributed by atoms with Crippen LogP contribution in [0.15, 0.2) is 65.8 Å². The molecule has 36 heavy (non-hydrogen) atoms. The van der Waals surface area contributed by atoms with E-state index in [0.29, 0.717) is 11.6 Å². The van der Waals surface area contributed by atoms with Gasteiger partial charge in [-0.25, -0.2) is 17.4 Å². The first-order chi connectivity index (χ1) is 17.2. The smallest absolute Gasteiger partial charge is 0.269 e. The van der Waals surface area contributed by atoms with Gasteiger partial charge in [0.1, 0.15) is 0 Å². The van der Waals surface area contributed by atoms with E-state index in [2.05, 4.69) is 64.8 Å². The van der Waals surface area contributed by atoms with Gasteiger partial charge in [-0.3, -0.25) is 0 Å². The molecular weight excluding hydrogens is 585 g/mol. The molecule has 8 heteroatoms. The van der Waals surface area contributed by atoms with Crippen LogP contribution >= 0.6 is 22.6 Å². The van der Waals surface area contributed by atoms with Crippen molar-refractivity contribution in [2.24, 2.45) is 0 Å². The molecule has 1 saturated heterocycles. The van der Waals surface area contributed by atoms with E-state index in [-0.39, 0.29) is 4.90 Å². The molecule has 2 aromatic heterocycles. The highest BCUT2D eigenvalue weighted by Crippen LogP contribution is 2.34. The Kier molecular flexibility index (Phi) is 7.22. The molecule has 0 amide bonds. The molecule has 4 aromatic rings. The highest BCUT2D eigenvalue weighted by atomic mass is 127. The lowest BCUT2D eigenvalue weighted by atomic mass is 9.86. The fourth-order valence-electron chi connectivity index (χ4n) is 4.88. The number of hydrogen-bond donors (Lipinski definition) is 0. The zero-order chi connectivity index (χ0) is 25.4. The second kappa shape index (κ2) is 10.2. The average Bonchev–Trinajstić information content (AvgIpc) is 3.21. The molecule has 2 aromatic carbocycles. The van der Waals surface area contributed by atoms with Crippen molar-refractivity contribution < 1.29 is 13.2 Å². The lowest BCUT2D eigenvalue weighted by Crippen LogP contribution is -2.18. The van der Waals surface area contributed by atoms with Crippen molar-refractivity contribution in [2.45, 2.75) is 37.1 Å². The van der Waals surface area contributed by atoms with Gasteiger partial charge in [0.05, 0.1) is 4.90 Å². The van der Waals surface area contributed by atoms with Crippen molar-refractivity contribution in [3.8, 4) is 11.1 Å². The van der Waals surface area contributed by atoms with Gasteiger partial charge in [0, 0.05) is 46.7 Å². The van der Waals surface area contributed by atoms with Crippen LogP contribution in [0.3, 0.4) is 0 Å². The van der Waals surface area contributed by atoms with Crippen LogP contribution in [0.2, 0.25) is 0 Å². The Labute approximate surface area is 226 Å². The fourth-order valence-corrected chi connectivity index (χ4v) is 7.07. The van der Waals surface area contributed by atoms with E-state index in [1.807, 2.05) is 25.1 Å². The van der Waals surface area contributed by atoms with E-state index in [1.165, 1.54) is 15.1 Å². The molecule has 0 atom stereocenters. The molecule has 188 valence electrons. The Morgan fingerprint density at radius 2 is 1.78 bits per heavy atom. The molecule has 0 spiro atoms. The van der Waals surface area contributed by atoms with Gasteiger partial charge in [-0.15, -0.1) is 0 Å². The Hall–Kier alpha value is -2.27. The van der Waals surface area contributed by atoms with E-state index in [4.69, 9.17) is 4.74 Å². The predicted octanol–water partition coefficient (Wildman–Crippen LogP) is 5.81. The average molecular weight is 616 g/mol. The Bertz CT molecular complexity index is 1510. The van der Waals surface area contributed by atoms with Crippen LogP contribution in [0.5, 0.6) is 0 Å². The molecule has 3 heterocycles. The molecule has 1 fully saturated rings. The lowest BCUT2D eigenvalue weighted by Gasteiger charge is -2.26. The molecule has 5 rings (SSSR count). The lowest BCUT2D eigenvalue weighted by molar-refractivity contribution is 0.0850. The zero-order valence-electron chi connectivity index (χ0n) is 20.7. The largest absolute Gasteiger partial charge is 0.381 e. The summed E-state index contributed by atoms with van der Waals surface area (Å²) in [4.78, 5) is 7.09. The minimum absolute atomic E-state index is 0.254. The van der Waals surface area contributed by atoms with E-state index in [1.54, 1.807) is 24.5 Å². The number of aromatic nitrogens is 2. The highest BCUT2D eigenvalue weighted by Gasteiger charge is 2.23. The first-order valence-electron chi connectivity index (χ1n) is 12.1. The molecule has 0 bridgehead atoms. The SMILES string of the molecule is Cc1ccc(S(=O)(=O)n2cc(I)c3cc(-c4ccc(C5CCOCC5)c(CN(C)C)c4)cnc32)cc1. The topological polar surface area (TPSA) is 64.4 Å². The molecule has 0 saturated carbocycles. The monoisotopic (exact) mass is 615 g/mol. The third-order valence-electron chi connectivity index (χ3n) is 6.77. The number of rotatable bonds is 6. The molecule has 0 unspecified atom stereocenters. The number of fused-ring (bicyclic) bond motifs is 1. The zero-order valence-corrected chi connectivity index (χ0v) is 23.7. The maximum absolute atomic E-state index is 13.4. The third kappa shape index (κ3) is 4.96. The first-order valence-corrected chi connectivity index (χ1v) is 14.6. The van der Waals surface area contributed by atoms with E-state index < -0.39 is 10.0 Å². The Morgan fingerprint density at radius 3 is 2.47 bits per heavy atom. The normalized spacial score (nSPS) is 15.1. The summed E-state index contributed by atoms with van der Waals surface area (Å²) in [7, 11) is 0.438. The molecule has 0 aliphatic carbocycles. The minimum Gasteiger partial charge on any atom is -0.381 e. The molecule has 0 radical (unpaired) electrons. The van der Waals surface area contributed by atoms with Gasteiger partial charge in [-0.2, -0.15) is 0 Å². The summed E-state index contributed by atoms with van der Waals surface area (Å²) in [6, 6.07) is 15.6. The van der Waals surface area contributed by atoms with Crippen molar-refractivity contribution in [1.29, 1.82) is 0 Å². The fraction of sp³-hybridized carbons (Fsp3) is 0.321. The van der Waals surface area contributed by atoms with Gasteiger partial charge < -0.3 is 9.64 Å². The van der Waals surface area contributed by atoms with Gasteiger partial charge in [0.15, 0.2) is 5.65 Å². The summed E-state index contributed by atoms with van der Waals surface area (Å²) in [6.07, 6.45) is 5.54. The number of ether oxygens (including phenoxy) is 1. The van der Waals surface area contributed by atoms with Crippen LogP contribution in [-0.2, 0) is 21.3 Å². The Morgan fingerprint density at radius 1 is 1.06 bits per heavy atom. The number of benzene rings is 2. The van der Waals surface area contributed by atoms with Crippen LogP contribution in [0.4, 0.5) is 0 Å². The molecular formula is C28H30IN3O3S. The maximum Gasteiger partial charge on any atom is 0.269 e. The van der Waals surface area contributed by atoms with Crippen LogP contribution in [0.1, 0.15) is 35.4 Å². The van der Waals surface area contributed by atoms with Crippen LogP contribution in [0, 0.1) is 10.5 Å². The summed E-state index contributed by atoms with van der Waals surface area (Å²) < 4.78 is 34.5. The van der Waals surface area contributed by atoms with Crippen LogP contribution in [-0.4, -0.2) is 49.6 Å². The molecule has 0 N–H and O–H groups in total. The van der Waals surface area contributed by atoms with Gasteiger partial charge >= 0.3 is 0 Å². The minimum atomic E-state index is -3.74. The van der Waals surface area contributed by atoms with E-state index >= 15 is 0 Å². The van der Waals surface area contributed by atoms with Crippen molar-refractivity contribution in [2.75, 3.05) is 27.3 Å². The highest BCUT2D eigenvalue weighted by molar-refractivity contribution is 14.1. The van der Waals surface area contributed by atoms with Crippen molar-refractivity contribution in [3.05, 3.63) is 81.2 Å². The number of nitrogens with zero attached hydrogens (tertiary/aromatic N) is 3. The van der Waals surface area contributed by atoms with Crippen LogP contribution < -0.4 is 0 Å². The standard InChI is InChI=1S/C28H30IN3O3S/c1-19-4-7-24(8-5-19)36(33,34)32-18-27(29)26-15-22(16-30-28(26)32)21-6-9-25(20-10-12-35-13-11-20)23(14-21)17-31(2)3/h4-9,14-16,18,20H,10-13,17H2,1-3H3. The van der Waals surface area contributed by atoms with E-state index in [9.17, 15) is 8.42 Å². The van der Waals surface area contributed by atoms with Crippen molar-refractivity contribution >= 4 is 43.6 Å². The summed E-state index contributed by atoms with van der Waals surface area (Å²) in [5.74, 6) is 0.519. The molecule has 1 aliphatic rings. The van der Waals surface area contributed by atoms with Crippen molar-refractivity contribution in [3.63, 3.8) is 0 Å². The third-order valence-corrected chi connectivity index (χ3v) is 9.29. The molecule has 6 nitrogen and oxygen atoms in total. The van der Waals surface area contributed by atoms with E-state index in [0.717, 1.165) is 58.2 Å². The van der Waals surface area contributed by atoms with Gasteiger partial charge in [-0.1, -0.05) is 29.8 Å². The van der Waals surface area contributed by atoms with Gasteiger partial charge in [0.25, 0.3) is 10.0 Å². The number of pyridine rings is 1. The van der Waals surface area contributed by atoms with Crippen molar-refractivity contribution in [1.82, 2.24) is 13.9 Å². The summed E-state index contributed by atoms with van der Waals surface area (Å²) in [6.45, 7) is 4.43. The van der Waals surface area contributed by atoms with Gasteiger partial charge in [0.2, 0.25) is 0 Å². The predicted molar refractivity (Wildman–Crippen MR) is 152 cm³/mol. The van der Waals surface area contributed by atoms with Crippen LogP contribution in [0.25, 0.3) is 22.2 Å². The quantitative estimate of drug-likeness (QED) is 0.257. The summed E-state index contributed by atoms with van der Waals surface area (Å²) in [5, 5.41) is 0.825.